The van der Waals surface area contributed by atoms with Gasteiger partial charge in [-0.25, -0.2) is 4.98 Å². The van der Waals surface area contributed by atoms with Crippen LogP contribution in [0.25, 0.3) is 6.08 Å². The number of methoxy groups -OCH3 is 1. The highest BCUT2D eigenvalue weighted by atomic mass is 16.5. The van der Waals surface area contributed by atoms with Crippen LogP contribution >= 0.6 is 0 Å². The predicted molar refractivity (Wildman–Crippen MR) is 98.0 cm³/mol. The van der Waals surface area contributed by atoms with Gasteiger partial charge < -0.3 is 14.6 Å². The van der Waals surface area contributed by atoms with Crippen LogP contribution in [0.4, 0.5) is 0 Å². The Balaban J connectivity index is 1.60. The van der Waals surface area contributed by atoms with E-state index in [9.17, 15) is 4.79 Å². The van der Waals surface area contributed by atoms with Crippen LogP contribution in [0.5, 0.6) is 0 Å². The minimum absolute atomic E-state index is 0.0191. The fourth-order valence-electron chi connectivity index (χ4n) is 3.43. The van der Waals surface area contributed by atoms with E-state index in [1.165, 1.54) is 11.1 Å². The lowest BCUT2D eigenvalue weighted by molar-refractivity contribution is -0.131. The number of ether oxygens (including phenoxy) is 1. The number of aryl methyl sites for hydroxylation is 1. The number of hydrogen-bond acceptors (Lipinski definition) is 3. The molecule has 2 aromatic rings. The van der Waals surface area contributed by atoms with Crippen LogP contribution in [0.15, 0.2) is 42.9 Å². The molecule has 1 aliphatic heterocycles. The number of likely N-dealkylation sites (tertiary alicyclic amines) is 1. The Bertz CT molecular complexity index is 724. The molecule has 1 aliphatic rings. The maximum atomic E-state index is 12.4. The number of piperidine rings is 1. The van der Waals surface area contributed by atoms with Crippen LogP contribution in [-0.4, -0.2) is 47.1 Å². The van der Waals surface area contributed by atoms with Gasteiger partial charge in [0.05, 0.1) is 24.3 Å². The molecule has 5 heteroatoms. The van der Waals surface area contributed by atoms with Gasteiger partial charge in [0.2, 0.25) is 5.91 Å². The van der Waals surface area contributed by atoms with E-state index in [2.05, 4.69) is 41.2 Å². The number of benzene rings is 1. The molecule has 0 aliphatic carbocycles. The molecule has 2 atom stereocenters. The van der Waals surface area contributed by atoms with E-state index in [1.807, 2.05) is 4.90 Å². The molecule has 1 aromatic carbocycles. The van der Waals surface area contributed by atoms with Crippen molar-refractivity contribution in [2.24, 2.45) is 5.92 Å². The Kier molecular flexibility index (Phi) is 5.66. The Morgan fingerprint density at radius 2 is 2.36 bits per heavy atom. The molecule has 2 heterocycles. The van der Waals surface area contributed by atoms with Crippen LogP contribution in [0.2, 0.25) is 0 Å². The van der Waals surface area contributed by atoms with Gasteiger partial charge in [-0.2, -0.15) is 0 Å². The third-order valence-electron chi connectivity index (χ3n) is 4.82. The summed E-state index contributed by atoms with van der Waals surface area (Å²) in [4.78, 5) is 21.2. The Morgan fingerprint density at radius 1 is 1.48 bits per heavy atom. The number of aromatic nitrogens is 2. The summed E-state index contributed by atoms with van der Waals surface area (Å²) in [7, 11) is 1.74. The number of H-pyrrole nitrogens is 1. The molecule has 1 N–H and O–H groups in total. The normalized spacial score (nSPS) is 21.0. The second kappa shape index (κ2) is 8.12. The number of amides is 1. The molecule has 1 fully saturated rings. The molecule has 1 aromatic heterocycles. The molecule has 0 saturated carbocycles. The van der Waals surface area contributed by atoms with Crippen molar-refractivity contribution < 1.29 is 9.53 Å². The first-order valence-corrected chi connectivity index (χ1v) is 8.69. The van der Waals surface area contributed by atoms with Crippen molar-refractivity contribution >= 4 is 12.0 Å². The molecule has 132 valence electrons. The van der Waals surface area contributed by atoms with Gasteiger partial charge in [0.25, 0.3) is 0 Å². The fourth-order valence-corrected chi connectivity index (χ4v) is 3.43. The highest BCUT2D eigenvalue weighted by molar-refractivity contribution is 5.91. The summed E-state index contributed by atoms with van der Waals surface area (Å²) in [5.74, 6) is 0.457. The summed E-state index contributed by atoms with van der Waals surface area (Å²) in [5.41, 5.74) is 3.44. The van der Waals surface area contributed by atoms with E-state index in [0.717, 1.165) is 25.1 Å². The van der Waals surface area contributed by atoms with Gasteiger partial charge in [-0.1, -0.05) is 29.8 Å². The van der Waals surface area contributed by atoms with Crippen LogP contribution in [0.3, 0.4) is 0 Å². The van der Waals surface area contributed by atoms with E-state index < -0.39 is 0 Å². The Hall–Kier alpha value is -2.40. The molecule has 3 rings (SSSR count). The maximum absolute atomic E-state index is 12.4. The minimum Gasteiger partial charge on any atom is -0.379 e. The van der Waals surface area contributed by atoms with Crippen molar-refractivity contribution in [2.45, 2.75) is 25.9 Å². The summed E-state index contributed by atoms with van der Waals surface area (Å²) in [6.07, 6.45) is 8.66. The summed E-state index contributed by atoms with van der Waals surface area (Å²) in [6, 6.07) is 8.62. The first-order valence-electron chi connectivity index (χ1n) is 8.69. The molecule has 0 radical (unpaired) electrons. The van der Waals surface area contributed by atoms with Crippen molar-refractivity contribution in [3.05, 3.63) is 59.7 Å². The molecule has 0 spiro atoms. The number of carbonyl (C=O) groups is 1. The van der Waals surface area contributed by atoms with Gasteiger partial charge in [-0.3, -0.25) is 4.79 Å². The van der Waals surface area contributed by atoms with Crippen molar-refractivity contribution in [2.75, 3.05) is 20.2 Å². The fraction of sp³-hybridized carbons (Fsp3) is 0.400. The minimum atomic E-state index is 0.0191. The molecule has 0 bridgehead atoms. The second-order valence-electron chi connectivity index (χ2n) is 6.64. The highest BCUT2D eigenvalue weighted by Crippen LogP contribution is 2.25. The third-order valence-corrected chi connectivity index (χ3v) is 4.82. The molecule has 1 saturated heterocycles. The van der Waals surface area contributed by atoms with E-state index in [1.54, 1.807) is 31.8 Å². The van der Waals surface area contributed by atoms with Crippen LogP contribution in [0.1, 0.15) is 23.2 Å². The molecule has 5 nitrogen and oxygen atoms in total. The second-order valence-corrected chi connectivity index (χ2v) is 6.64. The zero-order valence-corrected chi connectivity index (χ0v) is 14.8. The number of aromatic amines is 1. The third kappa shape index (κ3) is 4.57. The van der Waals surface area contributed by atoms with E-state index in [0.29, 0.717) is 12.5 Å². The van der Waals surface area contributed by atoms with Crippen molar-refractivity contribution in [1.82, 2.24) is 14.9 Å². The van der Waals surface area contributed by atoms with Crippen molar-refractivity contribution in [3.8, 4) is 0 Å². The number of imidazole rings is 1. The topological polar surface area (TPSA) is 58.2 Å². The number of nitrogens with zero attached hydrogens (tertiary/aromatic N) is 2. The summed E-state index contributed by atoms with van der Waals surface area (Å²) >= 11 is 0. The zero-order valence-electron chi connectivity index (χ0n) is 14.8. The van der Waals surface area contributed by atoms with E-state index in [4.69, 9.17) is 4.74 Å². The van der Waals surface area contributed by atoms with Gasteiger partial charge in [0.15, 0.2) is 0 Å². The van der Waals surface area contributed by atoms with Crippen LogP contribution < -0.4 is 0 Å². The number of hydrogen-bond donors (Lipinski definition) is 1. The largest absolute Gasteiger partial charge is 0.379 e. The van der Waals surface area contributed by atoms with Gasteiger partial charge >= 0.3 is 0 Å². The maximum Gasteiger partial charge on any atom is 0.246 e. The molecular formula is C20H25N3O2. The lowest BCUT2D eigenvalue weighted by atomic mass is 9.87. The zero-order chi connectivity index (χ0) is 17.6. The first-order chi connectivity index (χ1) is 12.2. The molecule has 0 unspecified atom stereocenters. The van der Waals surface area contributed by atoms with Crippen molar-refractivity contribution in [1.29, 1.82) is 0 Å². The lowest BCUT2D eigenvalue weighted by Gasteiger charge is -2.37. The van der Waals surface area contributed by atoms with Crippen LogP contribution in [-0.2, 0) is 16.0 Å². The van der Waals surface area contributed by atoms with Gasteiger partial charge in [-0.15, -0.1) is 0 Å². The Labute approximate surface area is 148 Å². The van der Waals surface area contributed by atoms with E-state index in [-0.39, 0.29) is 12.0 Å². The molecule has 1 amide bonds. The summed E-state index contributed by atoms with van der Waals surface area (Å²) in [5, 5.41) is 0. The number of nitrogens with one attached hydrogen (secondary N) is 1. The van der Waals surface area contributed by atoms with Crippen molar-refractivity contribution in [3.63, 3.8) is 0 Å². The monoisotopic (exact) mass is 339 g/mol. The van der Waals surface area contributed by atoms with Crippen LogP contribution in [0, 0.1) is 12.8 Å². The average Bonchev–Trinajstić information content (AvgIpc) is 3.13. The highest BCUT2D eigenvalue weighted by Gasteiger charge is 2.30. The van der Waals surface area contributed by atoms with Gasteiger partial charge in [-0.05, 0) is 37.3 Å². The van der Waals surface area contributed by atoms with Gasteiger partial charge in [0.1, 0.15) is 0 Å². The quantitative estimate of drug-likeness (QED) is 0.852. The molecule has 25 heavy (non-hydrogen) atoms. The van der Waals surface area contributed by atoms with Gasteiger partial charge in [0, 0.05) is 26.3 Å². The standard InChI is InChI=1S/C20H25N3O2/c1-15-4-3-5-16(10-15)11-17-8-9-23(13-19(17)25-2)20(24)7-6-18-12-21-14-22-18/h3-7,10,12,14,17,19H,8-9,11,13H2,1-2H3,(H,21,22)/b7-6+/t17-,19+/m1/s1. The predicted octanol–water partition coefficient (Wildman–Crippen LogP) is 2.84. The lowest BCUT2D eigenvalue weighted by Crippen LogP contribution is -2.47. The number of rotatable bonds is 5. The first kappa shape index (κ1) is 17.4. The average molecular weight is 339 g/mol. The Morgan fingerprint density at radius 3 is 3.08 bits per heavy atom. The SMILES string of the molecule is CO[C@H]1CN(C(=O)/C=C/c2cnc[nH]2)CC[C@@H]1Cc1cccc(C)c1. The summed E-state index contributed by atoms with van der Waals surface area (Å²) < 4.78 is 5.70. The summed E-state index contributed by atoms with van der Waals surface area (Å²) in [6.45, 7) is 3.52. The smallest absolute Gasteiger partial charge is 0.246 e. The molecular weight excluding hydrogens is 314 g/mol. The number of carbonyl (C=O) groups excluding carboxylic acids is 1. The van der Waals surface area contributed by atoms with E-state index >= 15 is 0 Å².